The van der Waals surface area contributed by atoms with Gasteiger partial charge in [-0.1, -0.05) is 83.7 Å². The average molecular weight is 479 g/mol. The molecule has 0 aliphatic heterocycles. The second kappa shape index (κ2) is 21.6. The van der Waals surface area contributed by atoms with Crippen molar-refractivity contribution in [3.63, 3.8) is 0 Å². The van der Waals surface area contributed by atoms with E-state index in [0.717, 1.165) is 5.56 Å². The Labute approximate surface area is 209 Å². The van der Waals surface area contributed by atoms with Crippen molar-refractivity contribution in [2.24, 2.45) is 0 Å². The van der Waals surface area contributed by atoms with Crippen LogP contribution in [0, 0.1) is 0 Å². The van der Waals surface area contributed by atoms with Crippen LogP contribution in [0.1, 0.15) is 110 Å². The van der Waals surface area contributed by atoms with Crippen molar-refractivity contribution in [2.45, 2.75) is 111 Å². The third-order valence-corrected chi connectivity index (χ3v) is 6.21. The zero-order valence-corrected chi connectivity index (χ0v) is 22.5. The second-order valence-corrected chi connectivity index (χ2v) is 9.40. The van der Waals surface area contributed by atoms with Gasteiger partial charge in [-0.05, 0) is 44.1 Å². The number of aliphatic carboxylic acids is 1. The predicted octanol–water partition coefficient (Wildman–Crippen LogP) is 7.38. The minimum Gasteiger partial charge on any atom is -0.481 e. The van der Waals surface area contributed by atoms with Crippen LogP contribution in [0.4, 0.5) is 0 Å². The molecule has 34 heavy (non-hydrogen) atoms. The third-order valence-electron chi connectivity index (χ3n) is 6.21. The van der Waals surface area contributed by atoms with E-state index in [1.165, 1.54) is 82.0 Å². The van der Waals surface area contributed by atoms with E-state index in [-0.39, 0.29) is 25.4 Å². The van der Waals surface area contributed by atoms with Gasteiger partial charge in [0.25, 0.3) is 0 Å². The molecule has 1 N–H and O–H groups in total. The summed E-state index contributed by atoms with van der Waals surface area (Å²) in [6, 6.07) is 9.44. The first-order valence-corrected chi connectivity index (χ1v) is 13.7. The standard InChI is InChI=1S/C16H36N.C13H16O4/c1-5-9-13-17(14-10-6-2,15-11-7-3)16-12-8-4;14-12(15)8-4-5-9-13(16)17-10-11-6-2-1-3-7-11/h5-16H2,1-4H3;1-3,6-7H,4-5,8-10H2,(H,14,15)/q+1;. The van der Waals surface area contributed by atoms with Crippen LogP contribution in [-0.4, -0.2) is 47.7 Å². The summed E-state index contributed by atoms with van der Waals surface area (Å²) in [4.78, 5) is 21.5. The van der Waals surface area contributed by atoms with Crippen LogP contribution >= 0.6 is 0 Å². The van der Waals surface area contributed by atoms with Crippen molar-refractivity contribution in [3.8, 4) is 0 Å². The highest BCUT2D eigenvalue weighted by molar-refractivity contribution is 5.69. The lowest BCUT2D eigenvalue weighted by Crippen LogP contribution is -2.50. The first-order valence-electron chi connectivity index (χ1n) is 13.7. The van der Waals surface area contributed by atoms with Crippen LogP contribution in [0.15, 0.2) is 30.3 Å². The number of carboxylic acid groups (broad SMARTS) is 1. The highest BCUT2D eigenvalue weighted by atomic mass is 16.5. The van der Waals surface area contributed by atoms with Gasteiger partial charge >= 0.3 is 11.9 Å². The molecule has 0 aromatic heterocycles. The summed E-state index contributed by atoms with van der Waals surface area (Å²) in [5.74, 6) is -1.11. The molecule has 0 saturated heterocycles. The van der Waals surface area contributed by atoms with E-state index in [1.54, 1.807) is 0 Å². The predicted molar refractivity (Wildman–Crippen MR) is 142 cm³/mol. The van der Waals surface area contributed by atoms with Gasteiger partial charge in [0.1, 0.15) is 6.61 Å². The number of esters is 1. The van der Waals surface area contributed by atoms with Gasteiger partial charge in [0, 0.05) is 12.8 Å². The van der Waals surface area contributed by atoms with E-state index >= 15 is 0 Å². The normalized spacial score (nSPS) is 10.9. The van der Waals surface area contributed by atoms with Crippen LogP contribution < -0.4 is 0 Å². The van der Waals surface area contributed by atoms with Crippen LogP contribution in [0.2, 0.25) is 0 Å². The smallest absolute Gasteiger partial charge is 0.306 e. The summed E-state index contributed by atoms with van der Waals surface area (Å²) in [7, 11) is 0. The Balaban J connectivity index is 0.000000641. The molecule has 5 nitrogen and oxygen atoms in total. The van der Waals surface area contributed by atoms with Gasteiger partial charge in [-0.15, -0.1) is 0 Å². The zero-order chi connectivity index (χ0) is 25.5. The Morgan fingerprint density at radius 3 is 1.56 bits per heavy atom. The topological polar surface area (TPSA) is 63.6 Å². The molecule has 1 aromatic carbocycles. The number of benzene rings is 1. The molecular weight excluding hydrogens is 426 g/mol. The monoisotopic (exact) mass is 478 g/mol. The molecule has 0 unspecified atom stereocenters. The highest BCUT2D eigenvalue weighted by Crippen LogP contribution is 2.16. The Morgan fingerprint density at radius 2 is 1.15 bits per heavy atom. The first-order chi connectivity index (χ1) is 16.4. The number of nitrogens with zero attached hydrogens (tertiary/aromatic N) is 1. The number of quaternary nitrogens is 1. The number of carboxylic acids is 1. The molecule has 0 amide bonds. The summed E-state index contributed by atoms with van der Waals surface area (Å²) in [6.07, 6.45) is 12.5. The minimum absolute atomic E-state index is 0.103. The molecule has 1 aromatic rings. The summed E-state index contributed by atoms with van der Waals surface area (Å²) in [5.41, 5.74) is 0.950. The Kier molecular flexibility index (Phi) is 20.4. The van der Waals surface area contributed by atoms with Gasteiger partial charge in [-0.2, -0.15) is 0 Å². The van der Waals surface area contributed by atoms with E-state index in [9.17, 15) is 9.59 Å². The van der Waals surface area contributed by atoms with E-state index < -0.39 is 5.97 Å². The van der Waals surface area contributed by atoms with Crippen LogP contribution in [0.3, 0.4) is 0 Å². The lowest BCUT2D eigenvalue weighted by Gasteiger charge is -2.39. The number of rotatable bonds is 19. The van der Waals surface area contributed by atoms with Gasteiger partial charge in [0.05, 0.1) is 26.2 Å². The third kappa shape index (κ3) is 17.6. The average Bonchev–Trinajstić information content (AvgIpc) is 2.85. The van der Waals surface area contributed by atoms with Crippen LogP contribution in [0.5, 0.6) is 0 Å². The van der Waals surface area contributed by atoms with E-state index in [1.807, 2.05) is 30.3 Å². The molecule has 196 valence electrons. The number of hydrogen-bond acceptors (Lipinski definition) is 3. The van der Waals surface area contributed by atoms with Gasteiger partial charge in [-0.25, -0.2) is 0 Å². The van der Waals surface area contributed by atoms with E-state index in [4.69, 9.17) is 9.84 Å². The maximum atomic E-state index is 11.3. The molecule has 0 radical (unpaired) electrons. The fourth-order valence-corrected chi connectivity index (χ4v) is 4.00. The first kappa shape index (κ1) is 32.1. The highest BCUT2D eigenvalue weighted by Gasteiger charge is 2.24. The molecular formula is C29H52NO4+. The lowest BCUT2D eigenvalue weighted by molar-refractivity contribution is -0.929. The van der Waals surface area contributed by atoms with Crippen molar-refractivity contribution in [1.82, 2.24) is 0 Å². The molecule has 0 spiro atoms. The minimum atomic E-state index is -0.831. The molecule has 1 rings (SSSR count). The number of hydrogen-bond donors (Lipinski definition) is 1. The molecule has 0 atom stereocenters. The molecule has 5 heteroatoms. The van der Waals surface area contributed by atoms with Crippen molar-refractivity contribution < 1.29 is 23.9 Å². The number of ether oxygens (including phenoxy) is 1. The van der Waals surface area contributed by atoms with Gasteiger partial charge in [0.15, 0.2) is 0 Å². The molecule has 0 saturated carbocycles. The summed E-state index contributed by atoms with van der Waals surface area (Å²) >= 11 is 0. The summed E-state index contributed by atoms with van der Waals surface area (Å²) in [6.45, 7) is 15.3. The molecule has 0 fully saturated rings. The van der Waals surface area contributed by atoms with Crippen molar-refractivity contribution in [3.05, 3.63) is 35.9 Å². The Hall–Kier alpha value is -1.88. The van der Waals surface area contributed by atoms with Crippen molar-refractivity contribution >= 4 is 11.9 Å². The van der Waals surface area contributed by atoms with Crippen LogP contribution in [0.25, 0.3) is 0 Å². The quantitative estimate of drug-likeness (QED) is 0.128. The van der Waals surface area contributed by atoms with Crippen molar-refractivity contribution in [2.75, 3.05) is 26.2 Å². The largest absolute Gasteiger partial charge is 0.481 e. The maximum absolute atomic E-state index is 11.3. The van der Waals surface area contributed by atoms with Crippen molar-refractivity contribution in [1.29, 1.82) is 0 Å². The van der Waals surface area contributed by atoms with Crippen LogP contribution in [-0.2, 0) is 20.9 Å². The number of carbonyl (C=O) groups is 2. The second-order valence-electron chi connectivity index (χ2n) is 9.40. The van der Waals surface area contributed by atoms with Gasteiger partial charge in [0.2, 0.25) is 0 Å². The molecule has 0 bridgehead atoms. The van der Waals surface area contributed by atoms with Gasteiger partial charge in [-0.3, -0.25) is 9.59 Å². The Morgan fingerprint density at radius 1 is 0.706 bits per heavy atom. The number of unbranched alkanes of at least 4 members (excludes halogenated alkanes) is 5. The summed E-state index contributed by atoms with van der Waals surface area (Å²) < 4.78 is 6.47. The lowest BCUT2D eigenvalue weighted by atomic mass is 10.1. The fourth-order valence-electron chi connectivity index (χ4n) is 4.00. The molecule has 0 heterocycles. The van der Waals surface area contributed by atoms with E-state index in [2.05, 4.69) is 27.7 Å². The van der Waals surface area contributed by atoms with E-state index in [0.29, 0.717) is 12.8 Å². The maximum Gasteiger partial charge on any atom is 0.306 e. The molecule has 0 aliphatic rings. The van der Waals surface area contributed by atoms with Gasteiger partial charge < -0.3 is 14.3 Å². The zero-order valence-electron chi connectivity index (χ0n) is 22.5. The fraction of sp³-hybridized carbons (Fsp3) is 0.724. The number of carbonyl (C=O) groups excluding carboxylic acids is 1. The molecule has 0 aliphatic carbocycles. The summed E-state index contributed by atoms with van der Waals surface area (Å²) in [5, 5.41) is 8.41. The Bertz CT molecular complexity index is 580. The SMILES string of the molecule is CCCC[N+](CCCC)(CCCC)CCCC.O=C(O)CCCCC(=O)OCc1ccccc1.